The highest BCUT2D eigenvalue weighted by Gasteiger charge is 2.48. The molecule has 0 radical (unpaired) electrons. The molecule has 1 heterocycles. The van der Waals surface area contributed by atoms with Gasteiger partial charge < -0.3 is 10.4 Å². The number of carboxylic acid groups (broad SMARTS) is 1. The van der Waals surface area contributed by atoms with Gasteiger partial charge in [0.1, 0.15) is 5.82 Å². The van der Waals surface area contributed by atoms with Gasteiger partial charge in [0.15, 0.2) is 0 Å². The Hall–Kier alpha value is -1.91. The first kappa shape index (κ1) is 11.6. The second-order valence-electron chi connectivity index (χ2n) is 4.45. The Labute approximate surface area is 98.9 Å². The largest absolute Gasteiger partial charge is 0.481 e. The quantitative estimate of drug-likeness (QED) is 0.827. The normalized spacial score (nSPS) is 22.0. The maximum absolute atomic E-state index is 11.7. The summed E-state index contributed by atoms with van der Waals surface area (Å²) in [6.45, 7) is 3.77. The number of carboxylic acids is 1. The molecule has 1 aromatic heterocycles. The van der Waals surface area contributed by atoms with Crippen LogP contribution >= 0.6 is 0 Å². The molecule has 0 aliphatic heterocycles. The molecule has 0 aromatic carbocycles. The van der Waals surface area contributed by atoms with Crippen LogP contribution in [0.15, 0.2) is 12.1 Å². The lowest BCUT2D eigenvalue weighted by molar-refractivity contribution is -0.139. The van der Waals surface area contributed by atoms with Crippen molar-refractivity contribution in [2.24, 2.45) is 11.8 Å². The third-order valence-corrected chi connectivity index (χ3v) is 2.79. The van der Waals surface area contributed by atoms with E-state index in [1.807, 2.05) is 19.9 Å². The van der Waals surface area contributed by atoms with E-state index in [-0.39, 0.29) is 5.91 Å². The zero-order valence-electron chi connectivity index (χ0n) is 9.73. The van der Waals surface area contributed by atoms with Gasteiger partial charge in [0.2, 0.25) is 5.91 Å². The number of hydrogen-bond acceptors (Lipinski definition) is 3. The molecule has 1 amide bonds. The third-order valence-electron chi connectivity index (χ3n) is 2.79. The van der Waals surface area contributed by atoms with E-state index >= 15 is 0 Å². The molecule has 90 valence electrons. The predicted molar refractivity (Wildman–Crippen MR) is 61.6 cm³/mol. The van der Waals surface area contributed by atoms with E-state index in [0.29, 0.717) is 12.2 Å². The van der Waals surface area contributed by atoms with Crippen molar-refractivity contribution in [3.8, 4) is 0 Å². The smallest absolute Gasteiger partial charge is 0.307 e. The molecule has 1 fully saturated rings. The summed E-state index contributed by atoms with van der Waals surface area (Å²) in [7, 11) is 0. The van der Waals surface area contributed by atoms with Gasteiger partial charge in [-0.05, 0) is 38.0 Å². The summed E-state index contributed by atoms with van der Waals surface area (Å²) in [5.74, 6) is -1.60. The van der Waals surface area contributed by atoms with E-state index in [2.05, 4.69) is 10.3 Å². The van der Waals surface area contributed by atoms with Crippen LogP contribution in [0.4, 0.5) is 5.82 Å². The van der Waals surface area contributed by atoms with Gasteiger partial charge in [-0.1, -0.05) is 0 Å². The first-order chi connectivity index (χ1) is 7.97. The zero-order chi connectivity index (χ0) is 12.6. The molecule has 0 spiro atoms. The fourth-order valence-corrected chi connectivity index (χ4v) is 1.88. The third kappa shape index (κ3) is 2.61. The number of rotatable bonds is 3. The van der Waals surface area contributed by atoms with E-state index in [9.17, 15) is 9.59 Å². The molecule has 0 bridgehead atoms. The minimum absolute atomic E-state index is 0.255. The van der Waals surface area contributed by atoms with Crippen LogP contribution in [0.3, 0.4) is 0 Å². The fourth-order valence-electron chi connectivity index (χ4n) is 1.88. The molecule has 0 saturated heterocycles. The first-order valence-corrected chi connectivity index (χ1v) is 5.46. The maximum atomic E-state index is 11.7. The zero-order valence-corrected chi connectivity index (χ0v) is 9.73. The van der Waals surface area contributed by atoms with Crippen LogP contribution in [-0.4, -0.2) is 22.0 Å². The van der Waals surface area contributed by atoms with Crippen molar-refractivity contribution in [3.63, 3.8) is 0 Å². The molecule has 1 aliphatic rings. The van der Waals surface area contributed by atoms with E-state index in [1.165, 1.54) is 0 Å². The monoisotopic (exact) mass is 234 g/mol. The van der Waals surface area contributed by atoms with Crippen LogP contribution in [0.25, 0.3) is 0 Å². The summed E-state index contributed by atoms with van der Waals surface area (Å²) >= 11 is 0. The van der Waals surface area contributed by atoms with Gasteiger partial charge in [-0.15, -0.1) is 0 Å². The van der Waals surface area contributed by atoms with Crippen molar-refractivity contribution in [3.05, 3.63) is 23.4 Å². The Balaban J connectivity index is 2.02. The van der Waals surface area contributed by atoms with Gasteiger partial charge in [0.25, 0.3) is 0 Å². The Kier molecular flexibility index (Phi) is 2.83. The predicted octanol–water partition coefficient (Wildman–Crippen LogP) is 1.36. The van der Waals surface area contributed by atoms with Gasteiger partial charge in [-0.25, -0.2) is 4.98 Å². The molecule has 5 nitrogen and oxygen atoms in total. The molecule has 2 N–H and O–H groups in total. The maximum Gasteiger partial charge on any atom is 0.307 e. The standard InChI is InChI=1S/C12H14N2O3/c1-6-3-7(2)13-10(4-6)14-11(15)8-5-9(8)12(16)17/h3-4,8-9H,5H2,1-2H3,(H,16,17)(H,13,14,15). The highest BCUT2D eigenvalue weighted by Crippen LogP contribution is 2.39. The Morgan fingerprint density at radius 2 is 2.06 bits per heavy atom. The van der Waals surface area contributed by atoms with E-state index in [4.69, 9.17) is 5.11 Å². The number of nitrogens with one attached hydrogen (secondary N) is 1. The summed E-state index contributed by atoms with van der Waals surface area (Å²) in [5, 5.41) is 11.4. The van der Waals surface area contributed by atoms with Crippen LogP contribution < -0.4 is 5.32 Å². The number of amides is 1. The summed E-state index contributed by atoms with van der Waals surface area (Å²) in [4.78, 5) is 26.5. The number of aliphatic carboxylic acids is 1. The first-order valence-electron chi connectivity index (χ1n) is 5.46. The lowest BCUT2D eigenvalue weighted by Gasteiger charge is -2.05. The Bertz CT molecular complexity index is 464. The van der Waals surface area contributed by atoms with Gasteiger partial charge >= 0.3 is 5.97 Å². The summed E-state index contributed by atoms with van der Waals surface area (Å²) in [6, 6.07) is 3.68. The van der Waals surface area contributed by atoms with Crippen LogP contribution in [0.1, 0.15) is 17.7 Å². The van der Waals surface area contributed by atoms with Gasteiger partial charge in [0, 0.05) is 5.69 Å². The molecule has 5 heteroatoms. The summed E-state index contributed by atoms with van der Waals surface area (Å²) in [5.41, 5.74) is 1.84. The highest BCUT2D eigenvalue weighted by molar-refractivity contribution is 5.97. The van der Waals surface area contributed by atoms with Crippen molar-refractivity contribution in [2.45, 2.75) is 20.3 Å². The number of carbonyl (C=O) groups is 2. The van der Waals surface area contributed by atoms with E-state index in [0.717, 1.165) is 11.3 Å². The molecule has 2 atom stereocenters. The lowest BCUT2D eigenvalue weighted by atomic mass is 10.2. The summed E-state index contributed by atoms with van der Waals surface area (Å²) in [6.07, 6.45) is 0.423. The number of aryl methyl sites for hydroxylation is 2. The van der Waals surface area contributed by atoms with Crippen LogP contribution in [0, 0.1) is 25.7 Å². The minimum Gasteiger partial charge on any atom is -0.481 e. The summed E-state index contributed by atoms with van der Waals surface area (Å²) < 4.78 is 0. The molecule has 2 unspecified atom stereocenters. The number of aromatic nitrogens is 1. The van der Waals surface area contributed by atoms with Crippen LogP contribution in [-0.2, 0) is 9.59 Å². The van der Waals surface area contributed by atoms with Crippen molar-refractivity contribution < 1.29 is 14.7 Å². The number of carbonyl (C=O) groups excluding carboxylic acids is 1. The van der Waals surface area contributed by atoms with Crippen molar-refractivity contribution in [1.82, 2.24) is 4.98 Å². The lowest BCUT2D eigenvalue weighted by Crippen LogP contribution is -2.17. The topological polar surface area (TPSA) is 79.3 Å². The number of pyridine rings is 1. The molecular weight excluding hydrogens is 220 g/mol. The van der Waals surface area contributed by atoms with Crippen molar-refractivity contribution in [2.75, 3.05) is 5.32 Å². The fraction of sp³-hybridized carbons (Fsp3) is 0.417. The van der Waals surface area contributed by atoms with Gasteiger partial charge in [-0.3, -0.25) is 9.59 Å². The van der Waals surface area contributed by atoms with Gasteiger partial charge in [0.05, 0.1) is 11.8 Å². The van der Waals surface area contributed by atoms with Crippen molar-refractivity contribution in [1.29, 1.82) is 0 Å². The highest BCUT2D eigenvalue weighted by atomic mass is 16.4. The van der Waals surface area contributed by atoms with Crippen LogP contribution in [0.2, 0.25) is 0 Å². The second-order valence-corrected chi connectivity index (χ2v) is 4.45. The number of hydrogen-bond donors (Lipinski definition) is 2. The second kappa shape index (κ2) is 4.16. The molecular formula is C12H14N2O3. The number of nitrogens with zero attached hydrogens (tertiary/aromatic N) is 1. The Morgan fingerprint density at radius 3 is 2.59 bits per heavy atom. The Morgan fingerprint density at radius 1 is 1.35 bits per heavy atom. The average molecular weight is 234 g/mol. The minimum atomic E-state index is -0.904. The molecule has 17 heavy (non-hydrogen) atoms. The van der Waals surface area contributed by atoms with E-state index in [1.54, 1.807) is 6.07 Å². The molecule has 1 aliphatic carbocycles. The molecule has 2 rings (SSSR count). The molecule has 1 saturated carbocycles. The molecule has 1 aromatic rings. The van der Waals surface area contributed by atoms with E-state index < -0.39 is 17.8 Å². The van der Waals surface area contributed by atoms with Crippen molar-refractivity contribution >= 4 is 17.7 Å². The SMILES string of the molecule is Cc1cc(C)nc(NC(=O)C2CC2C(=O)O)c1. The number of anilines is 1. The average Bonchev–Trinajstić information content (AvgIpc) is 2.94. The van der Waals surface area contributed by atoms with Gasteiger partial charge in [-0.2, -0.15) is 0 Å². The van der Waals surface area contributed by atoms with Crippen LogP contribution in [0.5, 0.6) is 0 Å².